The average molecular weight is 283 g/mol. The van der Waals surface area contributed by atoms with E-state index in [0.717, 1.165) is 11.4 Å². The van der Waals surface area contributed by atoms with Gasteiger partial charge in [-0.25, -0.2) is 4.98 Å². The van der Waals surface area contributed by atoms with E-state index in [2.05, 4.69) is 27.1 Å². The summed E-state index contributed by atoms with van der Waals surface area (Å²) in [6.07, 6.45) is 4.53. The van der Waals surface area contributed by atoms with Crippen LogP contribution in [0.5, 0.6) is 0 Å². The molecule has 0 unspecified atom stereocenters. The minimum absolute atomic E-state index is 0.0416. The Labute approximate surface area is 123 Å². The Bertz CT molecular complexity index is 639. The molecule has 21 heavy (non-hydrogen) atoms. The largest absolute Gasteiger partial charge is 0.395 e. The molecule has 0 aliphatic heterocycles. The second-order valence-electron chi connectivity index (χ2n) is 4.40. The molecule has 1 aromatic carbocycles. The Hall–Kier alpha value is -2.58. The zero-order valence-electron chi connectivity index (χ0n) is 11.6. The Kier molecular flexibility index (Phi) is 5.56. The van der Waals surface area contributed by atoms with Crippen molar-refractivity contribution in [3.8, 4) is 11.8 Å². The van der Waals surface area contributed by atoms with Crippen molar-refractivity contribution < 1.29 is 9.90 Å². The number of nitrogens with one attached hydrogen (secondary N) is 2. The fourth-order valence-corrected chi connectivity index (χ4v) is 1.79. The molecule has 0 spiro atoms. The van der Waals surface area contributed by atoms with Gasteiger partial charge in [0, 0.05) is 42.9 Å². The van der Waals surface area contributed by atoms with E-state index < -0.39 is 0 Å². The van der Waals surface area contributed by atoms with Crippen molar-refractivity contribution in [1.29, 1.82) is 0 Å². The molecule has 3 N–H and O–H groups in total. The minimum atomic E-state index is -0.132. The van der Waals surface area contributed by atoms with Crippen LogP contribution >= 0.6 is 0 Å². The first-order valence-corrected chi connectivity index (χ1v) is 6.76. The number of H-pyrrole nitrogens is 1. The van der Waals surface area contributed by atoms with Crippen molar-refractivity contribution in [1.82, 2.24) is 15.3 Å². The number of aliphatic hydroxyl groups is 1. The third-order valence-corrected chi connectivity index (χ3v) is 2.80. The van der Waals surface area contributed by atoms with Gasteiger partial charge in [-0.05, 0) is 18.2 Å². The predicted molar refractivity (Wildman–Crippen MR) is 79.6 cm³/mol. The summed E-state index contributed by atoms with van der Waals surface area (Å²) in [5, 5.41) is 11.5. The normalized spacial score (nSPS) is 9.76. The van der Waals surface area contributed by atoms with Crippen molar-refractivity contribution >= 4 is 5.91 Å². The lowest BCUT2D eigenvalue weighted by atomic mass is 10.1. The lowest BCUT2D eigenvalue weighted by Gasteiger charge is -2.04. The first kappa shape index (κ1) is 14.8. The maximum atomic E-state index is 12.0. The van der Waals surface area contributed by atoms with Gasteiger partial charge in [-0.2, -0.15) is 0 Å². The van der Waals surface area contributed by atoms with E-state index in [-0.39, 0.29) is 12.5 Å². The summed E-state index contributed by atoms with van der Waals surface area (Å²) in [4.78, 5) is 19.1. The molecule has 2 aromatic rings. The van der Waals surface area contributed by atoms with Crippen LogP contribution in [-0.4, -0.2) is 34.1 Å². The van der Waals surface area contributed by atoms with Crippen LogP contribution in [0.3, 0.4) is 0 Å². The van der Waals surface area contributed by atoms with Gasteiger partial charge in [0.25, 0.3) is 5.91 Å². The summed E-state index contributed by atoms with van der Waals surface area (Å²) in [5.74, 6) is 6.46. The molecule has 0 atom stereocenters. The Morgan fingerprint density at radius 1 is 1.43 bits per heavy atom. The van der Waals surface area contributed by atoms with E-state index in [0.29, 0.717) is 24.9 Å². The zero-order chi connectivity index (χ0) is 14.9. The molecule has 0 saturated carbocycles. The van der Waals surface area contributed by atoms with Crippen LogP contribution in [0.2, 0.25) is 0 Å². The number of aromatic amines is 1. The summed E-state index contributed by atoms with van der Waals surface area (Å²) in [6.45, 7) is 0.562. The fraction of sp³-hybridized carbons (Fsp3) is 0.250. The zero-order valence-corrected chi connectivity index (χ0v) is 11.6. The topological polar surface area (TPSA) is 78.0 Å². The average Bonchev–Trinajstić information content (AvgIpc) is 3.01. The maximum absolute atomic E-state index is 12.0. The van der Waals surface area contributed by atoms with E-state index in [1.165, 1.54) is 0 Å². The number of amides is 1. The molecule has 108 valence electrons. The minimum Gasteiger partial charge on any atom is -0.395 e. The number of aromatic nitrogens is 2. The molecule has 1 amide bonds. The summed E-state index contributed by atoms with van der Waals surface area (Å²) in [7, 11) is 0. The first-order chi connectivity index (χ1) is 10.3. The van der Waals surface area contributed by atoms with Crippen LogP contribution in [0.1, 0.15) is 28.2 Å². The highest BCUT2D eigenvalue weighted by molar-refractivity contribution is 5.94. The predicted octanol–water partition coefficient (Wildman–Crippen LogP) is 1.12. The van der Waals surface area contributed by atoms with Crippen LogP contribution in [-0.2, 0) is 6.42 Å². The standard InChI is InChI=1S/C16H17N3O2/c20-11-2-1-4-13-5-3-6-14(12-13)16(21)19-8-7-15-17-9-10-18-15/h3,5-6,9-10,12,20H,2,7-8,11H2,(H,17,18)(H,19,21). The molecule has 0 aliphatic rings. The van der Waals surface area contributed by atoms with E-state index in [9.17, 15) is 4.79 Å². The monoisotopic (exact) mass is 283 g/mol. The molecule has 0 aliphatic carbocycles. The van der Waals surface area contributed by atoms with Crippen molar-refractivity contribution in [2.75, 3.05) is 13.2 Å². The molecule has 0 bridgehead atoms. The molecular weight excluding hydrogens is 266 g/mol. The number of carbonyl (C=O) groups excluding carboxylic acids is 1. The van der Waals surface area contributed by atoms with Gasteiger partial charge < -0.3 is 15.4 Å². The van der Waals surface area contributed by atoms with Gasteiger partial charge in [-0.15, -0.1) is 0 Å². The molecule has 5 heteroatoms. The van der Waals surface area contributed by atoms with Crippen molar-refractivity contribution in [3.63, 3.8) is 0 Å². The Morgan fingerprint density at radius 2 is 2.33 bits per heavy atom. The number of aliphatic hydroxyl groups excluding tert-OH is 1. The maximum Gasteiger partial charge on any atom is 0.251 e. The van der Waals surface area contributed by atoms with Gasteiger partial charge in [-0.3, -0.25) is 4.79 Å². The number of hydrogen-bond donors (Lipinski definition) is 3. The highest BCUT2D eigenvalue weighted by Gasteiger charge is 2.05. The molecule has 1 heterocycles. The Balaban J connectivity index is 1.90. The SMILES string of the molecule is O=C(NCCc1ncc[nH]1)c1cccc(C#CCCO)c1. The highest BCUT2D eigenvalue weighted by atomic mass is 16.2. The van der Waals surface area contributed by atoms with Gasteiger partial charge in [0.15, 0.2) is 0 Å². The van der Waals surface area contributed by atoms with Crippen LogP contribution in [0.4, 0.5) is 0 Å². The van der Waals surface area contributed by atoms with Crippen LogP contribution < -0.4 is 5.32 Å². The number of rotatable bonds is 5. The molecular formula is C16H17N3O2. The van der Waals surface area contributed by atoms with Crippen molar-refractivity contribution in [2.45, 2.75) is 12.8 Å². The second-order valence-corrected chi connectivity index (χ2v) is 4.40. The van der Waals surface area contributed by atoms with Gasteiger partial charge >= 0.3 is 0 Å². The summed E-state index contributed by atoms with van der Waals surface area (Å²) in [5.41, 5.74) is 1.34. The van der Waals surface area contributed by atoms with E-state index in [1.54, 1.807) is 30.6 Å². The van der Waals surface area contributed by atoms with Crippen LogP contribution in [0.15, 0.2) is 36.7 Å². The molecule has 5 nitrogen and oxygen atoms in total. The van der Waals surface area contributed by atoms with Gasteiger partial charge in [0.2, 0.25) is 0 Å². The van der Waals surface area contributed by atoms with E-state index in [1.807, 2.05) is 6.07 Å². The number of imidazole rings is 1. The molecule has 0 saturated heterocycles. The molecule has 0 radical (unpaired) electrons. The smallest absolute Gasteiger partial charge is 0.251 e. The van der Waals surface area contributed by atoms with Gasteiger partial charge in [0.05, 0.1) is 6.61 Å². The lowest BCUT2D eigenvalue weighted by molar-refractivity contribution is 0.0954. The Morgan fingerprint density at radius 3 is 3.10 bits per heavy atom. The van der Waals surface area contributed by atoms with Crippen molar-refractivity contribution in [3.05, 3.63) is 53.6 Å². The molecule has 1 aromatic heterocycles. The summed E-state index contributed by atoms with van der Waals surface area (Å²) in [6, 6.07) is 7.13. The molecule has 2 rings (SSSR count). The number of carbonyl (C=O) groups is 1. The van der Waals surface area contributed by atoms with Gasteiger partial charge in [0.1, 0.15) is 5.82 Å². The number of hydrogen-bond acceptors (Lipinski definition) is 3. The van der Waals surface area contributed by atoms with E-state index >= 15 is 0 Å². The van der Waals surface area contributed by atoms with E-state index in [4.69, 9.17) is 5.11 Å². The fourth-order valence-electron chi connectivity index (χ4n) is 1.79. The summed E-state index contributed by atoms with van der Waals surface area (Å²) < 4.78 is 0. The third-order valence-electron chi connectivity index (χ3n) is 2.80. The third kappa shape index (κ3) is 4.79. The van der Waals surface area contributed by atoms with Crippen molar-refractivity contribution in [2.24, 2.45) is 0 Å². The lowest BCUT2D eigenvalue weighted by Crippen LogP contribution is -2.25. The van der Waals surface area contributed by atoms with Crippen LogP contribution in [0.25, 0.3) is 0 Å². The number of nitrogens with zero attached hydrogens (tertiary/aromatic N) is 1. The quantitative estimate of drug-likeness (QED) is 0.719. The van der Waals surface area contributed by atoms with Crippen LogP contribution in [0, 0.1) is 11.8 Å². The summed E-state index contributed by atoms with van der Waals surface area (Å²) >= 11 is 0. The second kappa shape index (κ2) is 7.88. The first-order valence-electron chi connectivity index (χ1n) is 6.76. The highest BCUT2D eigenvalue weighted by Crippen LogP contribution is 2.04. The molecule has 0 fully saturated rings. The van der Waals surface area contributed by atoms with Gasteiger partial charge in [-0.1, -0.05) is 17.9 Å². The number of benzene rings is 1.